The molecule has 0 amide bonds. The first-order valence-electron chi connectivity index (χ1n) is 5.62. The molecule has 0 saturated heterocycles. The summed E-state index contributed by atoms with van der Waals surface area (Å²) in [7, 11) is 1.66. The molecule has 0 radical (unpaired) electrons. The maximum atomic E-state index is 5.75. The van der Waals surface area contributed by atoms with Crippen molar-refractivity contribution in [2.24, 2.45) is 11.7 Å². The Kier molecular flexibility index (Phi) is 5.29. The van der Waals surface area contributed by atoms with Gasteiger partial charge in [-0.3, -0.25) is 0 Å². The van der Waals surface area contributed by atoms with Crippen LogP contribution < -0.4 is 10.5 Å². The smallest absolute Gasteiger partial charge is 0.118 e. The van der Waals surface area contributed by atoms with Gasteiger partial charge in [-0.05, 0) is 23.6 Å². The molecule has 0 bridgehead atoms. The van der Waals surface area contributed by atoms with Crippen LogP contribution in [0, 0.1) is 5.92 Å². The highest BCUT2D eigenvalue weighted by Crippen LogP contribution is 2.14. The van der Waals surface area contributed by atoms with E-state index in [9.17, 15) is 0 Å². The molecule has 0 aliphatic heterocycles. The zero-order valence-corrected chi connectivity index (χ0v) is 10.3. The van der Waals surface area contributed by atoms with E-state index in [0.717, 1.165) is 11.3 Å². The maximum Gasteiger partial charge on any atom is 0.118 e. The summed E-state index contributed by atoms with van der Waals surface area (Å²) in [6, 6.07) is 7.89. The van der Waals surface area contributed by atoms with Gasteiger partial charge in [0.2, 0.25) is 0 Å². The van der Waals surface area contributed by atoms with Gasteiger partial charge in [-0.15, -0.1) is 0 Å². The van der Waals surface area contributed by atoms with E-state index in [1.54, 1.807) is 7.11 Å². The highest BCUT2D eigenvalue weighted by Gasteiger charge is 2.11. The van der Waals surface area contributed by atoms with Crippen LogP contribution in [0.5, 0.6) is 5.75 Å². The summed E-state index contributed by atoms with van der Waals surface area (Å²) in [5.41, 5.74) is 6.78. The van der Waals surface area contributed by atoms with Gasteiger partial charge < -0.3 is 15.2 Å². The van der Waals surface area contributed by atoms with E-state index in [2.05, 4.69) is 13.8 Å². The van der Waals surface area contributed by atoms with Crippen LogP contribution in [0.25, 0.3) is 0 Å². The summed E-state index contributed by atoms with van der Waals surface area (Å²) in [5.74, 6) is 1.31. The van der Waals surface area contributed by atoms with Gasteiger partial charge >= 0.3 is 0 Å². The predicted octanol–water partition coefficient (Wildman–Crippen LogP) is 2.20. The van der Waals surface area contributed by atoms with Crippen molar-refractivity contribution in [3.8, 4) is 5.75 Å². The van der Waals surface area contributed by atoms with Crippen LogP contribution >= 0.6 is 0 Å². The Balaban J connectivity index is 2.47. The Labute approximate surface area is 97.6 Å². The fourth-order valence-electron chi connectivity index (χ4n) is 1.46. The van der Waals surface area contributed by atoms with Crippen molar-refractivity contribution in [1.29, 1.82) is 0 Å². The summed E-state index contributed by atoms with van der Waals surface area (Å²) in [6.07, 6.45) is 0.127. The number of hydrogen-bond acceptors (Lipinski definition) is 3. The van der Waals surface area contributed by atoms with Crippen molar-refractivity contribution in [2.45, 2.75) is 26.6 Å². The number of ether oxygens (including phenoxy) is 2. The molecule has 0 fully saturated rings. The van der Waals surface area contributed by atoms with Gasteiger partial charge in [0.15, 0.2) is 0 Å². The quantitative estimate of drug-likeness (QED) is 0.804. The van der Waals surface area contributed by atoms with E-state index in [0.29, 0.717) is 19.1 Å². The minimum absolute atomic E-state index is 0.127. The Morgan fingerprint density at radius 1 is 1.19 bits per heavy atom. The van der Waals surface area contributed by atoms with Crippen molar-refractivity contribution in [1.82, 2.24) is 0 Å². The van der Waals surface area contributed by atoms with Crippen LogP contribution in [0.1, 0.15) is 19.4 Å². The maximum absolute atomic E-state index is 5.75. The van der Waals surface area contributed by atoms with E-state index >= 15 is 0 Å². The molecule has 1 rings (SSSR count). The second kappa shape index (κ2) is 6.51. The van der Waals surface area contributed by atoms with Crippen molar-refractivity contribution < 1.29 is 9.47 Å². The Bertz CT molecular complexity index is 295. The lowest BCUT2D eigenvalue weighted by Crippen LogP contribution is -2.28. The number of nitrogens with two attached hydrogens (primary N) is 1. The second-order valence-electron chi connectivity index (χ2n) is 4.18. The zero-order chi connectivity index (χ0) is 12.0. The molecule has 0 aromatic heterocycles. The molecule has 0 aliphatic carbocycles. The average molecular weight is 223 g/mol. The number of methoxy groups -OCH3 is 1. The third-order valence-corrected chi connectivity index (χ3v) is 2.60. The van der Waals surface area contributed by atoms with Gasteiger partial charge in [0.25, 0.3) is 0 Å². The standard InChI is InChI=1S/C13H21NO2/c1-10(2)13(8-14)16-9-11-4-6-12(15-3)7-5-11/h4-7,10,13H,8-9,14H2,1-3H3. The van der Waals surface area contributed by atoms with Crippen LogP contribution in [-0.2, 0) is 11.3 Å². The summed E-state index contributed by atoms with van der Waals surface area (Å²) in [6.45, 7) is 5.40. The van der Waals surface area contributed by atoms with Crippen molar-refractivity contribution in [3.05, 3.63) is 29.8 Å². The van der Waals surface area contributed by atoms with Crippen molar-refractivity contribution >= 4 is 0 Å². The number of benzene rings is 1. The van der Waals surface area contributed by atoms with E-state index in [4.69, 9.17) is 15.2 Å². The molecule has 1 aromatic rings. The third-order valence-electron chi connectivity index (χ3n) is 2.60. The number of hydrogen-bond donors (Lipinski definition) is 1. The second-order valence-corrected chi connectivity index (χ2v) is 4.18. The first-order chi connectivity index (χ1) is 7.67. The molecule has 1 atom stereocenters. The SMILES string of the molecule is COc1ccc(COC(CN)C(C)C)cc1. The van der Waals surface area contributed by atoms with Crippen LogP contribution in [0.3, 0.4) is 0 Å². The lowest BCUT2D eigenvalue weighted by molar-refractivity contribution is 0.0168. The molecule has 90 valence electrons. The molecule has 0 saturated carbocycles. The van der Waals surface area contributed by atoms with Gasteiger partial charge in [0, 0.05) is 6.54 Å². The summed E-state index contributed by atoms with van der Waals surface area (Å²) < 4.78 is 10.8. The van der Waals surface area contributed by atoms with Gasteiger partial charge in [0.1, 0.15) is 5.75 Å². The topological polar surface area (TPSA) is 44.5 Å². The molecular weight excluding hydrogens is 202 g/mol. The van der Waals surface area contributed by atoms with E-state index < -0.39 is 0 Å². The molecule has 0 spiro atoms. The molecule has 1 unspecified atom stereocenters. The molecule has 16 heavy (non-hydrogen) atoms. The third kappa shape index (κ3) is 3.83. The van der Waals surface area contributed by atoms with Gasteiger partial charge in [-0.25, -0.2) is 0 Å². The van der Waals surface area contributed by atoms with Crippen LogP contribution in [-0.4, -0.2) is 19.8 Å². The average Bonchev–Trinajstić information content (AvgIpc) is 2.30. The van der Waals surface area contributed by atoms with Crippen LogP contribution in [0.2, 0.25) is 0 Å². The Hall–Kier alpha value is -1.06. The Morgan fingerprint density at radius 3 is 2.25 bits per heavy atom. The Morgan fingerprint density at radius 2 is 1.81 bits per heavy atom. The molecule has 3 heteroatoms. The molecule has 2 N–H and O–H groups in total. The normalized spacial score (nSPS) is 12.8. The van der Waals surface area contributed by atoms with Gasteiger partial charge in [-0.2, -0.15) is 0 Å². The highest BCUT2D eigenvalue weighted by atomic mass is 16.5. The first-order valence-corrected chi connectivity index (χ1v) is 5.62. The van der Waals surface area contributed by atoms with E-state index in [-0.39, 0.29) is 6.10 Å². The molecule has 3 nitrogen and oxygen atoms in total. The van der Waals surface area contributed by atoms with Gasteiger partial charge in [0.05, 0.1) is 19.8 Å². The molecular formula is C13H21NO2. The minimum atomic E-state index is 0.127. The van der Waals surface area contributed by atoms with Crippen molar-refractivity contribution in [3.63, 3.8) is 0 Å². The summed E-state index contributed by atoms with van der Waals surface area (Å²) >= 11 is 0. The van der Waals surface area contributed by atoms with Gasteiger partial charge in [-0.1, -0.05) is 26.0 Å². The lowest BCUT2D eigenvalue weighted by Gasteiger charge is -2.19. The van der Waals surface area contributed by atoms with Crippen LogP contribution in [0.15, 0.2) is 24.3 Å². The molecule has 1 aromatic carbocycles. The van der Waals surface area contributed by atoms with E-state index in [1.165, 1.54) is 0 Å². The molecule has 0 aliphatic rings. The zero-order valence-electron chi connectivity index (χ0n) is 10.3. The summed E-state index contributed by atoms with van der Waals surface area (Å²) in [4.78, 5) is 0. The fourth-order valence-corrected chi connectivity index (χ4v) is 1.46. The largest absolute Gasteiger partial charge is 0.497 e. The first kappa shape index (κ1) is 13.0. The predicted molar refractivity (Wildman–Crippen MR) is 65.5 cm³/mol. The summed E-state index contributed by atoms with van der Waals surface area (Å²) in [5, 5.41) is 0. The monoisotopic (exact) mass is 223 g/mol. The van der Waals surface area contributed by atoms with Crippen LogP contribution in [0.4, 0.5) is 0 Å². The van der Waals surface area contributed by atoms with E-state index in [1.807, 2.05) is 24.3 Å². The molecule has 0 heterocycles. The number of rotatable bonds is 6. The minimum Gasteiger partial charge on any atom is -0.497 e. The fraction of sp³-hybridized carbons (Fsp3) is 0.538. The van der Waals surface area contributed by atoms with Crippen molar-refractivity contribution in [2.75, 3.05) is 13.7 Å². The highest BCUT2D eigenvalue weighted by molar-refractivity contribution is 5.26. The lowest BCUT2D eigenvalue weighted by atomic mass is 10.1.